The molecular formula is C24H37N3O4S. The SMILES string of the molecule is Cc1ccc(N2CCN(CC[C@@H]3CC4(CCN(C(C)(C)S(=O)O)CC4)C(=O)O3)CC2)cc1. The molecule has 1 aromatic carbocycles. The molecule has 4 rings (SSSR count). The van der Waals surface area contributed by atoms with E-state index in [1.54, 1.807) is 13.8 Å². The molecule has 1 aromatic rings. The first-order valence-electron chi connectivity index (χ1n) is 11.8. The van der Waals surface area contributed by atoms with Crippen molar-refractivity contribution in [3.8, 4) is 0 Å². The predicted molar refractivity (Wildman–Crippen MR) is 127 cm³/mol. The molecule has 3 aliphatic heterocycles. The van der Waals surface area contributed by atoms with E-state index in [4.69, 9.17) is 4.74 Å². The fraction of sp³-hybridized carbons (Fsp3) is 0.708. The standard InChI is InChI=1S/C24H37N3O4S/c1-19-4-6-20(7-5-19)26-16-14-25(15-17-26)11-8-21-18-24(22(28)31-21)9-12-27(13-10-24)23(2,3)32(29)30/h4-7,21H,8-18H2,1-3H3,(H,29,30)/t21-/m1/s1. The Hall–Kier alpha value is -1.48. The Balaban J connectivity index is 1.23. The average molecular weight is 464 g/mol. The summed E-state index contributed by atoms with van der Waals surface area (Å²) in [6.07, 6.45) is 3.07. The number of cyclic esters (lactones) is 1. The molecule has 32 heavy (non-hydrogen) atoms. The van der Waals surface area contributed by atoms with Crippen LogP contribution in [-0.4, -0.2) is 81.3 Å². The zero-order valence-electron chi connectivity index (χ0n) is 19.6. The van der Waals surface area contributed by atoms with Gasteiger partial charge in [-0.25, -0.2) is 4.21 Å². The molecule has 0 bridgehead atoms. The van der Waals surface area contributed by atoms with E-state index >= 15 is 0 Å². The smallest absolute Gasteiger partial charge is 0.312 e. The highest BCUT2D eigenvalue weighted by Gasteiger charge is 2.52. The molecule has 0 amide bonds. The van der Waals surface area contributed by atoms with Crippen LogP contribution in [0.2, 0.25) is 0 Å². The van der Waals surface area contributed by atoms with Gasteiger partial charge < -0.3 is 14.2 Å². The Morgan fingerprint density at radius 2 is 1.72 bits per heavy atom. The molecule has 3 aliphatic rings. The van der Waals surface area contributed by atoms with E-state index < -0.39 is 21.4 Å². The summed E-state index contributed by atoms with van der Waals surface area (Å²) >= 11 is -1.92. The second-order valence-corrected chi connectivity index (χ2v) is 11.6. The van der Waals surface area contributed by atoms with Gasteiger partial charge in [0.2, 0.25) is 0 Å². The largest absolute Gasteiger partial charge is 0.462 e. The number of carbonyl (C=O) groups excluding carboxylic acids is 1. The number of piperazine rings is 1. The first-order chi connectivity index (χ1) is 15.2. The van der Waals surface area contributed by atoms with Crippen LogP contribution in [0.25, 0.3) is 0 Å². The van der Waals surface area contributed by atoms with E-state index in [1.807, 2.05) is 4.90 Å². The highest BCUT2D eigenvalue weighted by molar-refractivity contribution is 7.80. The second kappa shape index (κ2) is 9.41. The van der Waals surface area contributed by atoms with Crippen LogP contribution in [0.15, 0.2) is 24.3 Å². The topological polar surface area (TPSA) is 73.3 Å². The number of benzene rings is 1. The van der Waals surface area contributed by atoms with E-state index in [9.17, 15) is 13.6 Å². The molecule has 3 saturated heterocycles. The van der Waals surface area contributed by atoms with Crippen LogP contribution in [0.5, 0.6) is 0 Å². The van der Waals surface area contributed by atoms with Crippen LogP contribution in [0, 0.1) is 12.3 Å². The number of hydrogen-bond acceptors (Lipinski definition) is 6. The van der Waals surface area contributed by atoms with Crippen molar-refractivity contribution in [3.05, 3.63) is 29.8 Å². The van der Waals surface area contributed by atoms with Crippen molar-refractivity contribution >= 4 is 22.7 Å². The molecule has 178 valence electrons. The van der Waals surface area contributed by atoms with E-state index in [0.29, 0.717) is 25.9 Å². The normalized spacial score (nSPS) is 25.8. The molecule has 0 saturated carbocycles. The number of esters is 1. The zero-order chi connectivity index (χ0) is 22.9. The fourth-order valence-corrected chi connectivity index (χ4v) is 5.71. The summed E-state index contributed by atoms with van der Waals surface area (Å²) in [5.74, 6) is -0.0609. The first-order valence-corrected chi connectivity index (χ1v) is 12.9. The minimum atomic E-state index is -1.92. The van der Waals surface area contributed by atoms with E-state index in [2.05, 4.69) is 41.0 Å². The van der Waals surface area contributed by atoms with Gasteiger partial charge >= 0.3 is 5.97 Å². The van der Waals surface area contributed by atoms with Gasteiger partial charge in [-0.2, -0.15) is 0 Å². The summed E-state index contributed by atoms with van der Waals surface area (Å²) in [4.78, 5) is 18.9. The van der Waals surface area contributed by atoms with Gasteiger partial charge in [-0.1, -0.05) is 17.7 Å². The molecule has 0 aliphatic carbocycles. The second-order valence-electron chi connectivity index (χ2n) is 10.1. The number of nitrogens with zero attached hydrogens (tertiary/aromatic N) is 3. The fourth-order valence-electron chi connectivity index (χ4n) is 5.30. The van der Waals surface area contributed by atoms with Crippen LogP contribution >= 0.6 is 0 Å². The molecule has 2 atom stereocenters. The van der Waals surface area contributed by atoms with Crippen LogP contribution in [-0.2, 0) is 20.6 Å². The molecule has 7 nitrogen and oxygen atoms in total. The number of carbonyl (C=O) groups is 1. The van der Waals surface area contributed by atoms with Crippen molar-refractivity contribution in [2.45, 2.75) is 57.4 Å². The molecule has 0 radical (unpaired) electrons. The summed E-state index contributed by atoms with van der Waals surface area (Å²) in [7, 11) is 0. The number of piperidine rings is 1. The van der Waals surface area contributed by atoms with Gasteiger partial charge in [-0.05, 0) is 52.2 Å². The highest BCUT2D eigenvalue weighted by atomic mass is 32.2. The Bertz CT molecular complexity index is 828. The third kappa shape index (κ3) is 4.88. The Morgan fingerprint density at radius 1 is 1.09 bits per heavy atom. The maximum absolute atomic E-state index is 12.8. The van der Waals surface area contributed by atoms with Gasteiger partial charge in [0.05, 0.1) is 5.41 Å². The summed E-state index contributed by atoms with van der Waals surface area (Å²) in [5.41, 5.74) is 2.17. The molecule has 3 heterocycles. The average Bonchev–Trinajstić information content (AvgIpc) is 3.08. The molecule has 8 heteroatoms. The van der Waals surface area contributed by atoms with Gasteiger partial charge in [0, 0.05) is 57.9 Å². The van der Waals surface area contributed by atoms with Crippen molar-refractivity contribution < 1.29 is 18.3 Å². The van der Waals surface area contributed by atoms with Gasteiger partial charge in [0.1, 0.15) is 11.0 Å². The molecular weight excluding hydrogens is 426 g/mol. The third-order valence-corrected chi connectivity index (χ3v) is 8.89. The number of hydrogen-bond donors (Lipinski definition) is 1. The Kier molecular flexibility index (Phi) is 6.96. The van der Waals surface area contributed by atoms with Gasteiger partial charge in [0.25, 0.3) is 0 Å². The van der Waals surface area contributed by atoms with Crippen LogP contribution in [0.1, 0.15) is 45.1 Å². The molecule has 1 N–H and O–H groups in total. The number of rotatable bonds is 6. The van der Waals surface area contributed by atoms with E-state index in [1.165, 1.54) is 11.3 Å². The van der Waals surface area contributed by atoms with Crippen LogP contribution in [0.4, 0.5) is 5.69 Å². The predicted octanol–water partition coefficient (Wildman–Crippen LogP) is 2.86. The number of ether oxygens (including phenoxy) is 1. The first kappa shape index (κ1) is 23.7. The Labute approximate surface area is 194 Å². The summed E-state index contributed by atoms with van der Waals surface area (Å²) in [6.45, 7) is 12.1. The molecule has 0 aromatic heterocycles. The van der Waals surface area contributed by atoms with E-state index in [-0.39, 0.29) is 12.1 Å². The third-order valence-electron chi connectivity index (χ3n) is 7.77. The molecule has 1 unspecified atom stereocenters. The van der Waals surface area contributed by atoms with Crippen LogP contribution < -0.4 is 4.90 Å². The van der Waals surface area contributed by atoms with Crippen LogP contribution in [0.3, 0.4) is 0 Å². The van der Waals surface area contributed by atoms with Crippen molar-refractivity contribution in [2.75, 3.05) is 50.7 Å². The van der Waals surface area contributed by atoms with Gasteiger partial charge in [-0.3, -0.25) is 14.6 Å². The minimum absolute atomic E-state index is 0.0100. The lowest BCUT2D eigenvalue weighted by atomic mass is 9.75. The van der Waals surface area contributed by atoms with Crippen molar-refractivity contribution in [1.29, 1.82) is 0 Å². The van der Waals surface area contributed by atoms with E-state index in [0.717, 1.165) is 45.6 Å². The lowest BCUT2D eigenvalue weighted by Gasteiger charge is -2.43. The molecule has 1 spiro atoms. The van der Waals surface area contributed by atoms with Crippen molar-refractivity contribution in [3.63, 3.8) is 0 Å². The minimum Gasteiger partial charge on any atom is -0.462 e. The highest BCUT2D eigenvalue weighted by Crippen LogP contribution is 2.45. The lowest BCUT2D eigenvalue weighted by Crippen LogP contribution is -2.53. The quantitative estimate of drug-likeness (QED) is 0.514. The van der Waals surface area contributed by atoms with Gasteiger partial charge in [-0.15, -0.1) is 0 Å². The maximum atomic E-state index is 12.8. The monoisotopic (exact) mass is 463 g/mol. The summed E-state index contributed by atoms with van der Waals surface area (Å²) in [5, 5.41) is 0. The zero-order valence-corrected chi connectivity index (χ0v) is 20.4. The lowest BCUT2D eigenvalue weighted by molar-refractivity contribution is -0.151. The van der Waals surface area contributed by atoms with Crippen molar-refractivity contribution in [1.82, 2.24) is 9.80 Å². The summed E-state index contributed by atoms with van der Waals surface area (Å²) < 4.78 is 27.1. The number of aryl methyl sites for hydroxylation is 1. The van der Waals surface area contributed by atoms with Crippen molar-refractivity contribution in [2.24, 2.45) is 5.41 Å². The summed E-state index contributed by atoms with van der Waals surface area (Å²) in [6, 6.07) is 8.74. The Morgan fingerprint density at radius 3 is 2.31 bits per heavy atom. The number of anilines is 1. The molecule has 3 fully saturated rings. The van der Waals surface area contributed by atoms with Gasteiger partial charge in [0.15, 0.2) is 11.1 Å². The maximum Gasteiger partial charge on any atom is 0.312 e. The number of likely N-dealkylation sites (tertiary alicyclic amines) is 1.